The van der Waals surface area contributed by atoms with E-state index >= 15 is 0 Å². The molecule has 4 heteroatoms. The Morgan fingerprint density at radius 1 is 1.06 bits per heavy atom. The average Bonchev–Trinajstić information content (AvgIpc) is 2.32. The molecule has 0 aliphatic carbocycles. The molecular formula is C13H14N2O2. The van der Waals surface area contributed by atoms with Crippen molar-refractivity contribution in [2.24, 2.45) is 0 Å². The number of aromatic nitrogens is 2. The quantitative estimate of drug-likeness (QED) is 0.813. The molecule has 0 N–H and O–H groups in total. The second-order valence-electron chi connectivity index (χ2n) is 3.72. The zero-order valence-corrected chi connectivity index (χ0v) is 10.1. The van der Waals surface area contributed by atoms with Gasteiger partial charge in [-0.25, -0.2) is 9.97 Å². The van der Waals surface area contributed by atoms with Gasteiger partial charge in [0.15, 0.2) is 0 Å². The Morgan fingerprint density at radius 2 is 1.88 bits per heavy atom. The van der Waals surface area contributed by atoms with E-state index in [4.69, 9.17) is 9.47 Å². The topological polar surface area (TPSA) is 44.2 Å². The third kappa shape index (κ3) is 2.53. The van der Waals surface area contributed by atoms with Gasteiger partial charge in [0, 0.05) is 17.3 Å². The highest BCUT2D eigenvalue weighted by Gasteiger charge is 2.05. The molecule has 0 aliphatic rings. The number of ether oxygens (including phenoxy) is 2. The normalized spacial score (nSPS) is 10.1. The Labute approximate surface area is 100 Å². The lowest BCUT2D eigenvalue weighted by molar-refractivity contribution is 0.390. The molecule has 2 aromatic rings. The summed E-state index contributed by atoms with van der Waals surface area (Å²) in [5.74, 6) is 1.86. The van der Waals surface area contributed by atoms with E-state index in [1.54, 1.807) is 19.5 Å². The van der Waals surface area contributed by atoms with E-state index in [0.717, 1.165) is 11.1 Å². The number of hydrogen-bond acceptors (Lipinski definition) is 4. The molecule has 0 aromatic carbocycles. The molecule has 0 atom stereocenters. The molecule has 2 aromatic heterocycles. The van der Waals surface area contributed by atoms with E-state index in [1.807, 2.05) is 32.0 Å². The molecular weight excluding hydrogens is 216 g/mol. The van der Waals surface area contributed by atoms with E-state index in [9.17, 15) is 0 Å². The molecule has 2 heterocycles. The molecule has 88 valence electrons. The van der Waals surface area contributed by atoms with Crippen molar-refractivity contribution in [2.45, 2.75) is 13.8 Å². The number of rotatable bonds is 3. The van der Waals surface area contributed by atoms with Crippen LogP contribution in [0, 0.1) is 13.8 Å². The highest BCUT2D eigenvalue weighted by Crippen LogP contribution is 2.25. The van der Waals surface area contributed by atoms with Gasteiger partial charge in [-0.3, -0.25) is 0 Å². The monoisotopic (exact) mass is 230 g/mol. The fourth-order valence-corrected chi connectivity index (χ4v) is 1.50. The molecule has 0 unspecified atom stereocenters. The van der Waals surface area contributed by atoms with Crippen LogP contribution in [0.3, 0.4) is 0 Å². The summed E-state index contributed by atoms with van der Waals surface area (Å²) in [6.45, 7) is 3.87. The maximum atomic E-state index is 5.66. The fraction of sp³-hybridized carbons (Fsp3) is 0.231. The summed E-state index contributed by atoms with van der Waals surface area (Å²) in [7, 11) is 1.60. The van der Waals surface area contributed by atoms with Crippen LogP contribution in [-0.2, 0) is 0 Å². The van der Waals surface area contributed by atoms with E-state index < -0.39 is 0 Å². The molecule has 0 fully saturated rings. The molecule has 17 heavy (non-hydrogen) atoms. The van der Waals surface area contributed by atoms with Crippen LogP contribution in [-0.4, -0.2) is 17.1 Å². The van der Waals surface area contributed by atoms with Crippen LogP contribution in [0.5, 0.6) is 17.5 Å². The zero-order valence-electron chi connectivity index (χ0n) is 10.1. The molecule has 0 bridgehead atoms. The standard InChI is InChI=1S/C13H14N2O2/c1-9-5-4-6-14-13(9)17-11-7-10(2)12(16-3)15-8-11/h4-8H,1-3H3. The molecule has 4 nitrogen and oxygen atoms in total. The third-order valence-electron chi connectivity index (χ3n) is 2.37. The maximum Gasteiger partial charge on any atom is 0.222 e. The first-order valence-electron chi connectivity index (χ1n) is 5.31. The van der Waals surface area contributed by atoms with E-state index in [-0.39, 0.29) is 0 Å². The highest BCUT2D eigenvalue weighted by atomic mass is 16.5. The lowest BCUT2D eigenvalue weighted by atomic mass is 10.3. The summed E-state index contributed by atoms with van der Waals surface area (Å²) in [5, 5.41) is 0. The van der Waals surface area contributed by atoms with Gasteiger partial charge < -0.3 is 9.47 Å². The molecule has 0 amide bonds. The van der Waals surface area contributed by atoms with Crippen molar-refractivity contribution >= 4 is 0 Å². The summed E-state index contributed by atoms with van der Waals surface area (Å²) in [6, 6.07) is 5.70. The van der Waals surface area contributed by atoms with Crippen molar-refractivity contribution in [3.63, 3.8) is 0 Å². The smallest absolute Gasteiger partial charge is 0.222 e. The summed E-state index contributed by atoms with van der Waals surface area (Å²) in [6.07, 6.45) is 3.33. The molecule has 2 rings (SSSR count). The van der Waals surface area contributed by atoms with Crippen LogP contribution in [0.2, 0.25) is 0 Å². The molecule has 0 spiro atoms. The summed E-state index contributed by atoms with van der Waals surface area (Å²) in [4.78, 5) is 8.31. The minimum absolute atomic E-state index is 0.596. The predicted octanol–water partition coefficient (Wildman–Crippen LogP) is 2.89. The van der Waals surface area contributed by atoms with Gasteiger partial charge in [0.1, 0.15) is 5.75 Å². The van der Waals surface area contributed by atoms with Gasteiger partial charge in [-0.05, 0) is 26.0 Å². The van der Waals surface area contributed by atoms with Crippen molar-refractivity contribution in [1.29, 1.82) is 0 Å². The van der Waals surface area contributed by atoms with Gasteiger partial charge in [0.2, 0.25) is 11.8 Å². The predicted molar refractivity (Wildman–Crippen MR) is 64.6 cm³/mol. The van der Waals surface area contributed by atoms with Gasteiger partial charge in [-0.2, -0.15) is 0 Å². The molecule has 0 aliphatic heterocycles. The molecule has 0 saturated carbocycles. The van der Waals surface area contributed by atoms with Crippen molar-refractivity contribution in [1.82, 2.24) is 9.97 Å². The number of pyridine rings is 2. The van der Waals surface area contributed by atoms with Crippen LogP contribution >= 0.6 is 0 Å². The fourth-order valence-electron chi connectivity index (χ4n) is 1.50. The van der Waals surface area contributed by atoms with E-state index in [1.165, 1.54) is 0 Å². The Bertz CT molecular complexity index is 527. The summed E-state index contributed by atoms with van der Waals surface area (Å²) >= 11 is 0. The largest absolute Gasteiger partial charge is 0.481 e. The first-order chi connectivity index (χ1) is 8.20. The number of methoxy groups -OCH3 is 1. The van der Waals surface area contributed by atoms with Crippen molar-refractivity contribution < 1.29 is 9.47 Å². The van der Waals surface area contributed by atoms with Gasteiger partial charge in [-0.15, -0.1) is 0 Å². The zero-order chi connectivity index (χ0) is 12.3. The van der Waals surface area contributed by atoms with Crippen LogP contribution < -0.4 is 9.47 Å². The van der Waals surface area contributed by atoms with Gasteiger partial charge in [0.05, 0.1) is 13.3 Å². The Hall–Kier alpha value is -2.10. The van der Waals surface area contributed by atoms with Crippen molar-refractivity contribution in [2.75, 3.05) is 7.11 Å². The number of aryl methyl sites for hydroxylation is 2. The number of hydrogen-bond donors (Lipinski definition) is 0. The maximum absolute atomic E-state index is 5.66. The molecule has 0 radical (unpaired) electrons. The lowest BCUT2D eigenvalue weighted by Gasteiger charge is -2.08. The Kier molecular flexibility index (Phi) is 3.23. The first-order valence-corrected chi connectivity index (χ1v) is 5.31. The van der Waals surface area contributed by atoms with Crippen LogP contribution in [0.15, 0.2) is 30.6 Å². The Balaban J connectivity index is 2.25. The second kappa shape index (κ2) is 4.82. The minimum atomic E-state index is 0.596. The highest BCUT2D eigenvalue weighted by molar-refractivity contribution is 5.35. The van der Waals surface area contributed by atoms with Crippen LogP contribution in [0.25, 0.3) is 0 Å². The SMILES string of the molecule is COc1ncc(Oc2ncccc2C)cc1C. The summed E-state index contributed by atoms with van der Waals surface area (Å²) in [5.41, 5.74) is 1.92. The van der Waals surface area contributed by atoms with E-state index in [2.05, 4.69) is 9.97 Å². The lowest BCUT2D eigenvalue weighted by Crippen LogP contribution is -1.94. The van der Waals surface area contributed by atoms with Gasteiger partial charge >= 0.3 is 0 Å². The second-order valence-corrected chi connectivity index (χ2v) is 3.72. The van der Waals surface area contributed by atoms with Crippen molar-refractivity contribution in [3.05, 3.63) is 41.7 Å². The number of nitrogens with zero attached hydrogens (tertiary/aromatic N) is 2. The Morgan fingerprint density at radius 3 is 2.53 bits per heavy atom. The van der Waals surface area contributed by atoms with Crippen molar-refractivity contribution in [3.8, 4) is 17.5 Å². The first kappa shape index (κ1) is 11.4. The van der Waals surface area contributed by atoms with Crippen LogP contribution in [0.1, 0.15) is 11.1 Å². The van der Waals surface area contributed by atoms with Gasteiger partial charge in [0.25, 0.3) is 0 Å². The minimum Gasteiger partial charge on any atom is -0.481 e. The van der Waals surface area contributed by atoms with E-state index in [0.29, 0.717) is 17.5 Å². The summed E-state index contributed by atoms with van der Waals surface area (Å²) < 4.78 is 10.8. The average molecular weight is 230 g/mol. The van der Waals surface area contributed by atoms with Gasteiger partial charge in [-0.1, -0.05) is 6.07 Å². The van der Waals surface area contributed by atoms with Crippen LogP contribution in [0.4, 0.5) is 0 Å². The third-order valence-corrected chi connectivity index (χ3v) is 2.37. The molecule has 0 saturated heterocycles.